The number of aromatic nitrogens is 4. The number of fused-ring (bicyclic) bond motifs is 1. The molecule has 0 spiro atoms. The molecule has 4 heterocycles. The average Bonchev–Trinajstić information content (AvgIpc) is 2.98. The summed E-state index contributed by atoms with van der Waals surface area (Å²) >= 11 is 0. The molecule has 0 unspecified atom stereocenters. The number of rotatable bonds is 5. The summed E-state index contributed by atoms with van der Waals surface area (Å²) < 4.78 is 1.99. The van der Waals surface area contributed by atoms with E-state index < -0.39 is 0 Å². The number of aryl methyl sites for hydroxylation is 2. The van der Waals surface area contributed by atoms with Crippen LogP contribution in [-0.2, 0) is 20.0 Å². The predicted molar refractivity (Wildman–Crippen MR) is 99.6 cm³/mol. The molecule has 0 radical (unpaired) electrons. The molecule has 1 saturated heterocycles. The Bertz CT molecular complexity index is 896. The minimum Gasteiger partial charge on any atom is -0.366 e. The molecule has 3 aromatic heterocycles. The van der Waals surface area contributed by atoms with Crippen molar-refractivity contribution >= 4 is 22.7 Å². The number of nitrogens with zero attached hydrogens (tertiary/aromatic N) is 5. The standard InChI is InChI=1S/C18H23N7/c1-3-12-4-18(25-9-14(19)10-25)22-7-13(12)6-20-17-5-16-15(8-21-17)23-11-24(16)2/h4-5,7-8,11,14H,3,6,9-10,19H2,1-2H3,(H,20,21). The number of pyridine rings is 2. The number of imidazole rings is 1. The molecule has 0 saturated carbocycles. The lowest BCUT2D eigenvalue weighted by Crippen LogP contribution is -2.56. The molecule has 1 fully saturated rings. The third kappa shape index (κ3) is 3.02. The molecule has 3 aromatic rings. The maximum Gasteiger partial charge on any atom is 0.128 e. The summed E-state index contributed by atoms with van der Waals surface area (Å²) in [5.41, 5.74) is 10.3. The van der Waals surface area contributed by atoms with Crippen molar-refractivity contribution in [1.82, 2.24) is 19.5 Å². The van der Waals surface area contributed by atoms with Crippen LogP contribution >= 0.6 is 0 Å². The van der Waals surface area contributed by atoms with Gasteiger partial charge in [0.1, 0.15) is 17.2 Å². The molecule has 7 nitrogen and oxygen atoms in total. The largest absolute Gasteiger partial charge is 0.366 e. The van der Waals surface area contributed by atoms with Crippen LogP contribution in [0.3, 0.4) is 0 Å². The molecule has 0 amide bonds. The molecule has 1 aliphatic rings. The van der Waals surface area contributed by atoms with E-state index >= 15 is 0 Å². The van der Waals surface area contributed by atoms with Crippen LogP contribution in [0.25, 0.3) is 11.0 Å². The Kier molecular flexibility index (Phi) is 4.01. The van der Waals surface area contributed by atoms with Crippen LogP contribution in [-0.4, -0.2) is 38.7 Å². The molecule has 0 bridgehead atoms. The van der Waals surface area contributed by atoms with Gasteiger partial charge >= 0.3 is 0 Å². The highest BCUT2D eigenvalue weighted by Crippen LogP contribution is 2.22. The highest BCUT2D eigenvalue weighted by atomic mass is 15.3. The Labute approximate surface area is 146 Å². The topological polar surface area (TPSA) is 84.9 Å². The third-order valence-electron chi connectivity index (χ3n) is 4.75. The van der Waals surface area contributed by atoms with Gasteiger partial charge in [0.25, 0.3) is 0 Å². The summed E-state index contributed by atoms with van der Waals surface area (Å²) in [5, 5.41) is 3.40. The van der Waals surface area contributed by atoms with Gasteiger partial charge < -0.3 is 20.5 Å². The average molecular weight is 337 g/mol. The van der Waals surface area contributed by atoms with Crippen molar-refractivity contribution in [1.29, 1.82) is 0 Å². The number of nitrogens with one attached hydrogen (secondary N) is 1. The lowest BCUT2D eigenvalue weighted by molar-refractivity contribution is 0.514. The van der Waals surface area contributed by atoms with Crippen LogP contribution in [0, 0.1) is 0 Å². The van der Waals surface area contributed by atoms with Crippen molar-refractivity contribution in [3.8, 4) is 0 Å². The summed E-state index contributed by atoms with van der Waals surface area (Å²) in [7, 11) is 1.98. The maximum atomic E-state index is 5.87. The van der Waals surface area contributed by atoms with E-state index in [9.17, 15) is 0 Å². The SMILES string of the molecule is CCc1cc(N2CC(N)C2)ncc1CNc1cc2c(cn1)ncn2C. The van der Waals surface area contributed by atoms with Gasteiger partial charge in [0.15, 0.2) is 0 Å². The summed E-state index contributed by atoms with van der Waals surface area (Å²) in [4.78, 5) is 15.6. The molecular formula is C18H23N7. The van der Waals surface area contributed by atoms with Gasteiger partial charge in [0.2, 0.25) is 0 Å². The zero-order valence-corrected chi connectivity index (χ0v) is 14.6. The van der Waals surface area contributed by atoms with Crippen LogP contribution in [0.15, 0.2) is 30.9 Å². The van der Waals surface area contributed by atoms with Crippen molar-refractivity contribution in [2.45, 2.75) is 25.9 Å². The minimum absolute atomic E-state index is 0.279. The van der Waals surface area contributed by atoms with Gasteiger partial charge in [-0.05, 0) is 23.6 Å². The Hall–Kier alpha value is -2.67. The van der Waals surface area contributed by atoms with E-state index in [0.717, 1.165) is 42.2 Å². The minimum atomic E-state index is 0.279. The highest BCUT2D eigenvalue weighted by molar-refractivity contribution is 5.77. The molecule has 130 valence electrons. The predicted octanol–water partition coefficient (Wildman–Crippen LogP) is 1.69. The van der Waals surface area contributed by atoms with Gasteiger partial charge in [-0.3, -0.25) is 0 Å². The monoisotopic (exact) mass is 337 g/mol. The molecule has 0 aromatic carbocycles. The fourth-order valence-corrected chi connectivity index (χ4v) is 3.19. The van der Waals surface area contributed by atoms with Gasteiger partial charge in [-0.15, -0.1) is 0 Å². The van der Waals surface area contributed by atoms with Gasteiger partial charge in [-0.25, -0.2) is 15.0 Å². The number of hydrogen-bond donors (Lipinski definition) is 2. The quantitative estimate of drug-likeness (QED) is 0.737. The zero-order valence-electron chi connectivity index (χ0n) is 14.6. The Morgan fingerprint density at radius 1 is 1.16 bits per heavy atom. The molecule has 3 N–H and O–H groups in total. The van der Waals surface area contributed by atoms with Crippen molar-refractivity contribution in [2.75, 3.05) is 23.3 Å². The van der Waals surface area contributed by atoms with Crippen LogP contribution in [0.4, 0.5) is 11.6 Å². The van der Waals surface area contributed by atoms with Gasteiger partial charge in [-0.2, -0.15) is 0 Å². The number of anilines is 2. The highest BCUT2D eigenvalue weighted by Gasteiger charge is 2.24. The first kappa shape index (κ1) is 15.8. The van der Waals surface area contributed by atoms with Crippen molar-refractivity contribution in [3.05, 3.63) is 42.0 Å². The van der Waals surface area contributed by atoms with Crippen molar-refractivity contribution in [3.63, 3.8) is 0 Å². The van der Waals surface area contributed by atoms with Crippen LogP contribution in [0.2, 0.25) is 0 Å². The number of hydrogen-bond acceptors (Lipinski definition) is 6. The lowest BCUT2D eigenvalue weighted by atomic mass is 10.1. The Morgan fingerprint density at radius 2 is 2.00 bits per heavy atom. The first-order valence-electron chi connectivity index (χ1n) is 8.63. The first-order valence-corrected chi connectivity index (χ1v) is 8.63. The second kappa shape index (κ2) is 6.33. The van der Waals surface area contributed by atoms with Gasteiger partial charge in [0, 0.05) is 45.0 Å². The second-order valence-electron chi connectivity index (χ2n) is 6.60. The molecule has 7 heteroatoms. The number of nitrogens with two attached hydrogens (primary N) is 1. The fourth-order valence-electron chi connectivity index (χ4n) is 3.19. The second-order valence-corrected chi connectivity index (χ2v) is 6.60. The molecule has 0 atom stereocenters. The van der Waals surface area contributed by atoms with Gasteiger partial charge in [-0.1, -0.05) is 6.92 Å². The third-order valence-corrected chi connectivity index (χ3v) is 4.75. The van der Waals surface area contributed by atoms with Crippen LogP contribution in [0.5, 0.6) is 0 Å². The van der Waals surface area contributed by atoms with Crippen molar-refractivity contribution in [2.24, 2.45) is 12.8 Å². The van der Waals surface area contributed by atoms with E-state index in [1.54, 1.807) is 12.5 Å². The summed E-state index contributed by atoms with van der Waals surface area (Å²) in [6.45, 7) is 4.65. The first-order chi connectivity index (χ1) is 12.1. The fraction of sp³-hybridized carbons (Fsp3) is 0.389. The molecular weight excluding hydrogens is 314 g/mol. The van der Waals surface area contributed by atoms with E-state index in [0.29, 0.717) is 6.54 Å². The van der Waals surface area contributed by atoms with Crippen molar-refractivity contribution < 1.29 is 0 Å². The molecule has 4 rings (SSSR count). The van der Waals surface area contributed by atoms with Crippen LogP contribution < -0.4 is 16.0 Å². The maximum absolute atomic E-state index is 5.87. The summed E-state index contributed by atoms with van der Waals surface area (Å²) in [6.07, 6.45) is 6.54. The van der Waals surface area contributed by atoms with E-state index in [1.807, 2.05) is 23.9 Å². The van der Waals surface area contributed by atoms with Crippen LogP contribution in [0.1, 0.15) is 18.1 Å². The molecule has 25 heavy (non-hydrogen) atoms. The van der Waals surface area contributed by atoms with E-state index in [1.165, 1.54) is 11.1 Å². The Balaban J connectivity index is 1.50. The smallest absolute Gasteiger partial charge is 0.128 e. The summed E-state index contributed by atoms with van der Waals surface area (Å²) in [5.74, 6) is 1.87. The van der Waals surface area contributed by atoms with Gasteiger partial charge in [0.05, 0.1) is 18.0 Å². The van der Waals surface area contributed by atoms with E-state index in [2.05, 4.69) is 38.2 Å². The Morgan fingerprint density at radius 3 is 2.76 bits per heavy atom. The van der Waals surface area contributed by atoms with E-state index in [-0.39, 0.29) is 6.04 Å². The molecule has 1 aliphatic heterocycles. The zero-order chi connectivity index (χ0) is 17.4. The molecule has 0 aliphatic carbocycles. The lowest BCUT2D eigenvalue weighted by Gasteiger charge is -2.38. The van der Waals surface area contributed by atoms with E-state index in [4.69, 9.17) is 5.73 Å². The normalized spacial score (nSPS) is 14.8. The summed E-state index contributed by atoms with van der Waals surface area (Å²) in [6, 6.07) is 4.49.